The molecule has 104 valence electrons. The summed E-state index contributed by atoms with van der Waals surface area (Å²) < 4.78 is 0. The van der Waals surface area contributed by atoms with Crippen LogP contribution in [-0.2, 0) is 9.59 Å². The Morgan fingerprint density at radius 1 is 1.44 bits per heavy atom. The zero-order valence-corrected chi connectivity index (χ0v) is 11.6. The molecule has 1 fully saturated rings. The molecule has 0 aromatic rings. The van der Waals surface area contributed by atoms with Gasteiger partial charge in [-0.05, 0) is 39.2 Å². The van der Waals surface area contributed by atoms with Crippen molar-refractivity contribution in [2.24, 2.45) is 17.1 Å². The molecule has 0 bridgehead atoms. The Balaban J connectivity index is 2.43. The molecule has 0 radical (unpaired) electrons. The molecule has 4 N–H and O–H groups in total. The van der Waals surface area contributed by atoms with E-state index in [9.17, 15) is 9.59 Å². The van der Waals surface area contributed by atoms with Crippen LogP contribution in [0.3, 0.4) is 0 Å². The van der Waals surface area contributed by atoms with Crippen LogP contribution in [0.15, 0.2) is 0 Å². The van der Waals surface area contributed by atoms with Gasteiger partial charge in [0.2, 0.25) is 11.8 Å². The fourth-order valence-corrected chi connectivity index (χ4v) is 2.09. The highest BCUT2D eigenvalue weighted by Crippen LogP contribution is 2.19. The van der Waals surface area contributed by atoms with E-state index in [1.54, 1.807) is 13.8 Å². The van der Waals surface area contributed by atoms with Gasteiger partial charge < -0.3 is 16.4 Å². The van der Waals surface area contributed by atoms with E-state index < -0.39 is 11.3 Å². The van der Waals surface area contributed by atoms with Gasteiger partial charge in [0.25, 0.3) is 0 Å². The fourth-order valence-electron chi connectivity index (χ4n) is 2.09. The summed E-state index contributed by atoms with van der Waals surface area (Å²) >= 11 is 0. The summed E-state index contributed by atoms with van der Waals surface area (Å²) in [4.78, 5) is 23.2. The molecule has 0 saturated carbocycles. The van der Waals surface area contributed by atoms with Crippen LogP contribution in [0.1, 0.15) is 40.0 Å². The summed E-state index contributed by atoms with van der Waals surface area (Å²) in [6.45, 7) is 6.80. The van der Waals surface area contributed by atoms with E-state index in [2.05, 4.69) is 17.6 Å². The topological polar surface area (TPSA) is 84.2 Å². The lowest BCUT2D eigenvalue weighted by Crippen LogP contribution is -2.51. The average Bonchev–Trinajstić information content (AvgIpc) is 2.36. The molecule has 2 amide bonds. The van der Waals surface area contributed by atoms with Crippen LogP contribution in [0, 0.1) is 11.3 Å². The zero-order chi connectivity index (χ0) is 13.8. The first-order chi connectivity index (χ1) is 8.36. The predicted octanol–water partition coefficient (Wildman–Crippen LogP) is 0.392. The van der Waals surface area contributed by atoms with Gasteiger partial charge in [0, 0.05) is 6.54 Å². The fraction of sp³-hybridized carbons (Fsp3) is 0.846. The van der Waals surface area contributed by atoms with Gasteiger partial charge in [-0.25, -0.2) is 0 Å². The lowest BCUT2D eigenvalue weighted by molar-refractivity contribution is -0.128. The maximum atomic E-state index is 12.0. The highest BCUT2D eigenvalue weighted by atomic mass is 16.2. The van der Waals surface area contributed by atoms with Crippen molar-refractivity contribution in [3.05, 3.63) is 0 Å². The van der Waals surface area contributed by atoms with Gasteiger partial charge in [0.05, 0.1) is 11.5 Å². The number of hydrogen-bond donors (Lipinski definition) is 3. The van der Waals surface area contributed by atoms with E-state index >= 15 is 0 Å². The molecule has 5 heteroatoms. The monoisotopic (exact) mass is 255 g/mol. The second-order valence-electron chi connectivity index (χ2n) is 5.77. The number of piperidine rings is 1. The van der Waals surface area contributed by atoms with Crippen molar-refractivity contribution in [1.82, 2.24) is 10.6 Å². The second kappa shape index (κ2) is 6.18. The summed E-state index contributed by atoms with van der Waals surface area (Å²) in [5, 5.41) is 6.04. The minimum atomic E-state index is -0.700. The lowest BCUT2D eigenvalue weighted by Gasteiger charge is -2.30. The largest absolute Gasteiger partial charge is 0.369 e. The number of rotatable bonds is 5. The molecule has 1 heterocycles. The zero-order valence-electron chi connectivity index (χ0n) is 11.6. The van der Waals surface area contributed by atoms with Gasteiger partial charge in [-0.3, -0.25) is 9.59 Å². The third-order valence-electron chi connectivity index (χ3n) is 3.78. The maximum absolute atomic E-state index is 12.0. The van der Waals surface area contributed by atoms with Crippen molar-refractivity contribution in [3.8, 4) is 0 Å². The number of carbonyl (C=O) groups is 2. The SMILES string of the molecule is CCC1CCNC(C(=O)NCC(C)(C)C(N)=O)C1. The Morgan fingerprint density at radius 3 is 2.67 bits per heavy atom. The van der Waals surface area contributed by atoms with Crippen molar-refractivity contribution < 1.29 is 9.59 Å². The van der Waals surface area contributed by atoms with Crippen molar-refractivity contribution >= 4 is 11.8 Å². The van der Waals surface area contributed by atoms with Gasteiger partial charge in [-0.15, -0.1) is 0 Å². The summed E-state index contributed by atoms with van der Waals surface area (Å²) in [7, 11) is 0. The van der Waals surface area contributed by atoms with E-state index in [0.29, 0.717) is 5.92 Å². The molecule has 18 heavy (non-hydrogen) atoms. The molecular formula is C13H25N3O2. The molecule has 2 atom stereocenters. The first-order valence-electron chi connectivity index (χ1n) is 6.68. The molecular weight excluding hydrogens is 230 g/mol. The normalized spacial score (nSPS) is 24.6. The number of hydrogen-bond acceptors (Lipinski definition) is 3. The van der Waals surface area contributed by atoms with Crippen LogP contribution >= 0.6 is 0 Å². The number of amides is 2. The van der Waals surface area contributed by atoms with Crippen LogP contribution in [0.2, 0.25) is 0 Å². The van der Waals surface area contributed by atoms with E-state index in [1.165, 1.54) is 0 Å². The maximum Gasteiger partial charge on any atom is 0.237 e. The van der Waals surface area contributed by atoms with E-state index in [0.717, 1.165) is 25.8 Å². The van der Waals surface area contributed by atoms with Crippen LogP contribution in [0.25, 0.3) is 0 Å². The van der Waals surface area contributed by atoms with Crippen LogP contribution in [-0.4, -0.2) is 30.9 Å². The Hall–Kier alpha value is -1.10. The Labute approximate surface area is 109 Å². The number of nitrogens with one attached hydrogen (secondary N) is 2. The highest BCUT2D eigenvalue weighted by molar-refractivity contribution is 5.84. The molecule has 2 unspecified atom stereocenters. The summed E-state index contributed by atoms with van der Waals surface area (Å²) in [5.41, 5.74) is 4.57. The lowest BCUT2D eigenvalue weighted by atomic mass is 9.89. The van der Waals surface area contributed by atoms with Gasteiger partial charge in [-0.1, -0.05) is 13.3 Å². The Bertz CT molecular complexity index is 315. The molecule has 0 spiro atoms. The summed E-state index contributed by atoms with van der Waals surface area (Å²) in [6.07, 6.45) is 3.12. The molecule has 1 aliphatic rings. The van der Waals surface area contributed by atoms with Crippen LogP contribution in [0.5, 0.6) is 0 Å². The standard InChI is InChI=1S/C13H25N3O2/c1-4-9-5-6-15-10(7-9)11(17)16-8-13(2,3)12(14)18/h9-10,15H,4-8H2,1-3H3,(H2,14,18)(H,16,17). The van der Waals surface area contributed by atoms with Crippen LogP contribution < -0.4 is 16.4 Å². The van der Waals surface area contributed by atoms with Crippen LogP contribution in [0.4, 0.5) is 0 Å². The average molecular weight is 255 g/mol. The van der Waals surface area contributed by atoms with Gasteiger partial charge >= 0.3 is 0 Å². The highest BCUT2D eigenvalue weighted by Gasteiger charge is 2.29. The van der Waals surface area contributed by atoms with E-state index in [-0.39, 0.29) is 18.5 Å². The third kappa shape index (κ3) is 3.98. The predicted molar refractivity (Wildman–Crippen MR) is 70.8 cm³/mol. The number of primary amides is 1. The van der Waals surface area contributed by atoms with E-state index in [4.69, 9.17) is 5.73 Å². The molecule has 0 aromatic carbocycles. The first-order valence-corrected chi connectivity index (χ1v) is 6.68. The minimum Gasteiger partial charge on any atom is -0.369 e. The third-order valence-corrected chi connectivity index (χ3v) is 3.78. The van der Waals surface area contributed by atoms with Crippen molar-refractivity contribution in [3.63, 3.8) is 0 Å². The molecule has 1 rings (SSSR count). The molecule has 5 nitrogen and oxygen atoms in total. The first kappa shape index (κ1) is 15.0. The van der Waals surface area contributed by atoms with Crippen molar-refractivity contribution in [1.29, 1.82) is 0 Å². The summed E-state index contributed by atoms with van der Waals surface area (Å²) in [5.74, 6) is 0.194. The van der Waals surface area contributed by atoms with Gasteiger partial charge in [-0.2, -0.15) is 0 Å². The minimum absolute atomic E-state index is 0.0255. The smallest absolute Gasteiger partial charge is 0.237 e. The molecule has 0 aromatic heterocycles. The number of carbonyl (C=O) groups excluding carboxylic acids is 2. The van der Waals surface area contributed by atoms with E-state index in [1.807, 2.05) is 0 Å². The summed E-state index contributed by atoms with van der Waals surface area (Å²) in [6, 6.07) is -0.132. The Kier molecular flexibility index (Phi) is 5.14. The second-order valence-corrected chi connectivity index (χ2v) is 5.77. The Morgan fingerprint density at radius 2 is 2.11 bits per heavy atom. The van der Waals surface area contributed by atoms with Gasteiger partial charge in [0.15, 0.2) is 0 Å². The van der Waals surface area contributed by atoms with Crippen molar-refractivity contribution in [2.75, 3.05) is 13.1 Å². The number of nitrogens with two attached hydrogens (primary N) is 1. The molecule has 1 aliphatic heterocycles. The quantitative estimate of drug-likeness (QED) is 0.664. The molecule has 1 saturated heterocycles. The van der Waals surface area contributed by atoms with Gasteiger partial charge in [0.1, 0.15) is 0 Å². The molecule has 0 aliphatic carbocycles. The van der Waals surface area contributed by atoms with Crippen molar-refractivity contribution in [2.45, 2.75) is 46.1 Å².